The second-order valence-corrected chi connectivity index (χ2v) is 4.41. The fourth-order valence-corrected chi connectivity index (χ4v) is 2.35. The first-order chi connectivity index (χ1) is 7.66. The molecule has 0 spiro atoms. The van der Waals surface area contributed by atoms with Gasteiger partial charge in [0.2, 0.25) is 0 Å². The molecular weight excluding hydrogens is 204 g/mol. The minimum absolute atomic E-state index is 0.625. The van der Waals surface area contributed by atoms with Crippen molar-refractivity contribution in [3.63, 3.8) is 0 Å². The van der Waals surface area contributed by atoms with Crippen molar-refractivity contribution in [3.8, 4) is 5.75 Å². The van der Waals surface area contributed by atoms with E-state index in [0.29, 0.717) is 12.8 Å². The van der Waals surface area contributed by atoms with E-state index in [1.54, 1.807) is 7.11 Å². The van der Waals surface area contributed by atoms with E-state index in [1.807, 2.05) is 24.3 Å². The van der Waals surface area contributed by atoms with Gasteiger partial charge in [0.1, 0.15) is 11.4 Å². The molecule has 2 rings (SSSR count). The summed E-state index contributed by atoms with van der Waals surface area (Å²) in [7, 11) is 1.61. The number of hydrogen-bond donors (Lipinski definition) is 2. The van der Waals surface area contributed by atoms with Crippen molar-refractivity contribution in [2.45, 2.75) is 37.4 Å². The van der Waals surface area contributed by atoms with Crippen LogP contribution >= 0.6 is 0 Å². The molecular formula is C13H18O3. The van der Waals surface area contributed by atoms with E-state index in [4.69, 9.17) is 4.74 Å². The van der Waals surface area contributed by atoms with E-state index in [0.717, 1.165) is 24.2 Å². The van der Waals surface area contributed by atoms with Gasteiger partial charge in [-0.25, -0.2) is 0 Å². The molecule has 3 heteroatoms. The number of ether oxygens (including phenoxy) is 1. The fraction of sp³-hybridized carbons (Fsp3) is 0.538. The number of rotatable bonds is 2. The summed E-state index contributed by atoms with van der Waals surface area (Å²) in [5, 5.41) is 20.4. The number of aliphatic hydroxyl groups is 2. The third-order valence-corrected chi connectivity index (χ3v) is 3.43. The molecule has 1 aliphatic carbocycles. The molecule has 88 valence electrons. The van der Waals surface area contributed by atoms with Crippen molar-refractivity contribution in [3.05, 3.63) is 29.8 Å². The summed E-state index contributed by atoms with van der Waals surface area (Å²) < 4.78 is 5.07. The number of hydrogen-bond acceptors (Lipinski definition) is 3. The first-order valence-electron chi connectivity index (χ1n) is 5.72. The number of aliphatic hydroxyl groups excluding tert-OH is 1. The monoisotopic (exact) mass is 222 g/mol. The Bertz CT molecular complexity index is 347. The van der Waals surface area contributed by atoms with Gasteiger partial charge < -0.3 is 14.9 Å². The second kappa shape index (κ2) is 4.44. The van der Waals surface area contributed by atoms with Crippen LogP contribution in [0.15, 0.2) is 24.3 Å². The molecule has 2 N–H and O–H groups in total. The van der Waals surface area contributed by atoms with Crippen LogP contribution in [0, 0.1) is 0 Å². The SMILES string of the molecule is COc1ccc([C@]2(O)CCCC[C@@H]2O)cc1. The van der Waals surface area contributed by atoms with E-state index >= 15 is 0 Å². The largest absolute Gasteiger partial charge is 0.497 e. The smallest absolute Gasteiger partial charge is 0.118 e. The molecule has 0 amide bonds. The van der Waals surface area contributed by atoms with E-state index in [2.05, 4.69) is 0 Å². The Hall–Kier alpha value is -1.06. The predicted octanol–water partition coefficient (Wildman–Crippen LogP) is 1.82. The lowest BCUT2D eigenvalue weighted by Crippen LogP contribution is -2.42. The highest BCUT2D eigenvalue weighted by atomic mass is 16.5. The van der Waals surface area contributed by atoms with Gasteiger partial charge in [-0.1, -0.05) is 25.0 Å². The molecule has 3 nitrogen and oxygen atoms in total. The lowest BCUT2D eigenvalue weighted by molar-refractivity contribution is -0.106. The first kappa shape index (κ1) is 11.4. The number of benzene rings is 1. The van der Waals surface area contributed by atoms with Crippen molar-refractivity contribution in [1.82, 2.24) is 0 Å². The Kier molecular flexibility index (Phi) is 3.17. The molecule has 0 bridgehead atoms. The third kappa shape index (κ3) is 1.93. The van der Waals surface area contributed by atoms with Crippen LogP contribution < -0.4 is 4.74 Å². The highest BCUT2D eigenvalue weighted by Gasteiger charge is 2.39. The Balaban J connectivity index is 2.26. The minimum Gasteiger partial charge on any atom is -0.497 e. The van der Waals surface area contributed by atoms with Gasteiger partial charge in [-0.05, 0) is 30.5 Å². The van der Waals surface area contributed by atoms with Crippen molar-refractivity contribution in [2.75, 3.05) is 7.11 Å². The van der Waals surface area contributed by atoms with Crippen LogP contribution in [0.1, 0.15) is 31.2 Å². The Labute approximate surface area is 95.7 Å². The van der Waals surface area contributed by atoms with Gasteiger partial charge in [0.25, 0.3) is 0 Å². The lowest BCUT2D eigenvalue weighted by Gasteiger charge is -2.37. The average molecular weight is 222 g/mol. The van der Waals surface area contributed by atoms with E-state index < -0.39 is 11.7 Å². The molecule has 1 saturated carbocycles. The van der Waals surface area contributed by atoms with Crippen molar-refractivity contribution in [2.24, 2.45) is 0 Å². The standard InChI is InChI=1S/C13H18O3/c1-16-11-7-5-10(6-8-11)13(15)9-3-2-4-12(13)14/h5-8,12,14-15H,2-4,9H2,1H3/t12-,13+/m0/s1. The van der Waals surface area contributed by atoms with Gasteiger partial charge >= 0.3 is 0 Å². The van der Waals surface area contributed by atoms with Crippen molar-refractivity contribution >= 4 is 0 Å². The van der Waals surface area contributed by atoms with Gasteiger partial charge in [-0.3, -0.25) is 0 Å². The summed E-state index contributed by atoms with van der Waals surface area (Å²) in [5.41, 5.74) is -0.301. The van der Waals surface area contributed by atoms with Crippen molar-refractivity contribution < 1.29 is 14.9 Å². The molecule has 0 unspecified atom stereocenters. The highest BCUT2D eigenvalue weighted by molar-refractivity contribution is 5.31. The van der Waals surface area contributed by atoms with Gasteiger partial charge in [0.05, 0.1) is 13.2 Å². The Morgan fingerprint density at radius 1 is 1.25 bits per heavy atom. The molecule has 16 heavy (non-hydrogen) atoms. The molecule has 0 aliphatic heterocycles. The molecule has 1 aromatic rings. The molecule has 0 radical (unpaired) electrons. The average Bonchev–Trinajstić information content (AvgIpc) is 2.33. The van der Waals surface area contributed by atoms with Crippen LogP contribution in [0.2, 0.25) is 0 Å². The van der Waals surface area contributed by atoms with Gasteiger partial charge in [-0.15, -0.1) is 0 Å². The van der Waals surface area contributed by atoms with Crippen LogP contribution in [0.3, 0.4) is 0 Å². The maximum atomic E-state index is 10.5. The maximum absolute atomic E-state index is 10.5. The Morgan fingerprint density at radius 3 is 2.50 bits per heavy atom. The van der Waals surface area contributed by atoms with E-state index in [-0.39, 0.29) is 0 Å². The molecule has 0 heterocycles. The molecule has 2 atom stereocenters. The lowest BCUT2D eigenvalue weighted by atomic mass is 9.77. The van der Waals surface area contributed by atoms with Crippen LogP contribution in [0.4, 0.5) is 0 Å². The zero-order chi connectivity index (χ0) is 11.6. The quantitative estimate of drug-likeness (QED) is 0.802. The topological polar surface area (TPSA) is 49.7 Å². The predicted molar refractivity (Wildman–Crippen MR) is 61.4 cm³/mol. The summed E-state index contributed by atoms with van der Waals surface area (Å²) in [4.78, 5) is 0. The molecule has 0 saturated heterocycles. The fourth-order valence-electron chi connectivity index (χ4n) is 2.35. The molecule has 0 aromatic heterocycles. The summed E-state index contributed by atoms with van der Waals surface area (Å²) in [6.07, 6.45) is 2.58. The second-order valence-electron chi connectivity index (χ2n) is 4.41. The van der Waals surface area contributed by atoms with Gasteiger partial charge in [0, 0.05) is 0 Å². The van der Waals surface area contributed by atoms with Crippen LogP contribution in [0.25, 0.3) is 0 Å². The summed E-state index contributed by atoms with van der Waals surface area (Å²) >= 11 is 0. The van der Waals surface area contributed by atoms with E-state index in [9.17, 15) is 10.2 Å². The first-order valence-corrected chi connectivity index (χ1v) is 5.72. The van der Waals surface area contributed by atoms with Gasteiger partial charge in [0.15, 0.2) is 0 Å². The summed E-state index contributed by atoms with van der Waals surface area (Å²) in [5.74, 6) is 0.762. The van der Waals surface area contributed by atoms with Crippen LogP contribution in [-0.2, 0) is 5.60 Å². The molecule has 1 aromatic carbocycles. The van der Waals surface area contributed by atoms with Crippen LogP contribution in [0.5, 0.6) is 5.75 Å². The zero-order valence-corrected chi connectivity index (χ0v) is 9.52. The summed E-state index contributed by atoms with van der Waals surface area (Å²) in [6, 6.07) is 7.28. The minimum atomic E-state index is -1.08. The van der Waals surface area contributed by atoms with Crippen LogP contribution in [-0.4, -0.2) is 23.4 Å². The normalized spacial score (nSPS) is 30.1. The maximum Gasteiger partial charge on any atom is 0.118 e. The molecule has 1 fully saturated rings. The highest BCUT2D eigenvalue weighted by Crippen LogP contribution is 2.37. The number of methoxy groups -OCH3 is 1. The van der Waals surface area contributed by atoms with Gasteiger partial charge in [-0.2, -0.15) is 0 Å². The van der Waals surface area contributed by atoms with E-state index in [1.165, 1.54) is 0 Å². The Morgan fingerprint density at radius 2 is 1.94 bits per heavy atom. The van der Waals surface area contributed by atoms with Crippen molar-refractivity contribution in [1.29, 1.82) is 0 Å². The third-order valence-electron chi connectivity index (χ3n) is 3.43. The zero-order valence-electron chi connectivity index (χ0n) is 9.52. The summed E-state index contributed by atoms with van der Waals surface area (Å²) in [6.45, 7) is 0. The molecule has 1 aliphatic rings.